The smallest absolute Gasteiger partial charge is 0.307 e. The van der Waals surface area contributed by atoms with Crippen LogP contribution >= 0.6 is 27.5 Å². The number of nitrogens with one attached hydrogen (secondary N) is 1. The van der Waals surface area contributed by atoms with Gasteiger partial charge in [-0.1, -0.05) is 29.8 Å². The maximum Gasteiger partial charge on any atom is 0.307 e. The Balaban J connectivity index is 1.45. The summed E-state index contributed by atoms with van der Waals surface area (Å²) in [5.41, 5.74) is 4.08. The largest absolute Gasteiger partial charge is 0.493 e. The molecule has 0 aliphatic rings. The van der Waals surface area contributed by atoms with Crippen molar-refractivity contribution in [1.82, 2.24) is 5.43 Å². The maximum absolute atomic E-state index is 12.4. The molecule has 4 aromatic rings. The highest BCUT2D eigenvalue weighted by Crippen LogP contribution is 2.34. The van der Waals surface area contributed by atoms with Crippen molar-refractivity contribution in [2.45, 2.75) is 6.61 Å². The molecule has 9 nitrogen and oxygen atoms in total. The number of non-ortho nitro benzene ring substituents is 1. The topological polar surface area (TPSA) is 116 Å². The summed E-state index contributed by atoms with van der Waals surface area (Å²) in [4.78, 5) is 22.8. The first-order valence-electron chi connectivity index (χ1n) is 10.1. The molecule has 1 N–H and O–H groups in total. The molecule has 0 aliphatic heterocycles. The Bertz CT molecular complexity index is 1450. The lowest BCUT2D eigenvalue weighted by Gasteiger charge is -2.13. The molecular weight excluding hydrogens is 542 g/mol. The number of nitro benzene ring substituents is 1. The molecular formula is C24H17BrClN3O6. The number of hydrogen-bond donors (Lipinski definition) is 1. The van der Waals surface area contributed by atoms with Gasteiger partial charge in [0.15, 0.2) is 17.3 Å². The molecule has 0 spiro atoms. The quantitative estimate of drug-likeness (QED) is 0.158. The third-order valence-electron chi connectivity index (χ3n) is 4.93. The van der Waals surface area contributed by atoms with Gasteiger partial charge < -0.3 is 13.9 Å². The van der Waals surface area contributed by atoms with E-state index in [9.17, 15) is 14.9 Å². The molecule has 1 heterocycles. The van der Waals surface area contributed by atoms with Crippen LogP contribution < -0.4 is 14.9 Å². The number of carbonyl (C=O) groups excluding carboxylic acids is 1. The van der Waals surface area contributed by atoms with Gasteiger partial charge in [-0.05, 0) is 46.3 Å². The van der Waals surface area contributed by atoms with E-state index >= 15 is 0 Å². The number of amides is 1. The van der Waals surface area contributed by atoms with E-state index in [2.05, 4.69) is 26.5 Å². The highest BCUT2D eigenvalue weighted by atomic mass is 79.9. The summed E-state index contributed by atoms with van der Waals surface area (Å²) < 4.78 is 17.4. The fraction of sp³-hybridized carbons (Fsp3) is 0.0833. The van der Waals surface area contributed by atoms with Gasteiger partial charge in [-0.15, -0.1) is 0 Å². The third-order valence-corrected chi connectivity index (χ3v) is 5.98. The van der Waals surface area contributed by atoms with Crippen molar-refractivity contribution in [2.24, 2.45) is 5.10 Å². The van der Waals surface area contributed by atoms with Gasteiger partial charge in [0.2, 0.25) is 0 Å². The van der Waals surface area contributed by atoms with Gasteiger partial charge in [-0.3, -0.25) is 14.9 Å². The van der Waals surface area contributed by atoms with Crippen molar-refractivity contribution in [2.75, 3.05) is 7.11 Å². The summed E-state index contributed by atoms with van der Waals surface area (Å²) in [7, 11) is 1.51. The monoisotopic (exact) mass is 557 g/mol. The molecule has 4 rings (SSSR count). The van der Waals surface area contributed by atoms with Crippen LogP contribution in [0.25, 0.3) is 11.0 Å². The molecule has 0 radical (unpaired) electrons. The number of hydrogen-bond acceptors (Lipinski definition) is 7. The first-order valence-corrected chi connectivity index (χ1v) is 11.3. The van der Waals surface area contributed by atoms with Crippen LogP contribution in [0.15, 0.2) is 74.7 Å². The molecule has 0 unspecified atom stereocenters. The van der Waals surface area contributed by atoms with Gasteiger partial charge in [-0.2, -0.15) is 5.10 Å². The van der Waals surface area contributed by atoms with E-state index in [1.807, 2.05) is 18.2 Å². The van der Waals surface area contributed by atoms with Crippen LogP contribution in [0.2, 0.25) is 5.02 Å². The normalized spacial score (nSPS) is 11.1. The fourth-order valence-corrected chi connectivity index (χ4v) is 3.78. The molecule has 35 heavy (non-hydrogen) atoms. The zero-order valence-electron chi connectivity index (χ0n) is 18.2. The molecule has 3 aromatic carbocycles. The van der Waals surface area contributed by atoms with E-state index in [0.29, 0.717) is 37.5 Å². The van der Waals surface area contributed by atoms with Crippen molar-refractivity contribution in [3.05, 3.63) is 97.2 Å². The molecule has 0 atom stereocenters. The second-order valence-corrected chi connectivity index (χ2v) is 8.46. The van der Waals surface area contributed by atoms with Gasteiger partial charge in [0.25, 0.3) is 5.69 Å². The summed E-state index contributed by atoms with van der Waals surface area (Å²) in [5.74, 6) is 0.323. The second kappa shape index (κ2) is 10.6. The number of methoxy groups -OCH3 is 1. The van der Waals surface area contributed by atoms with Crippen LogP contribution in [0.4, 0.5) is 5.69 Å². The number of rotatable bonds is 8. The molecule has 0 bridgehead atoms. The highest BCUT2D eigenvalue weighted by Gasteiger charge is 2.15. The number of nitro groups is 1. The number of benzene rings is 3. The molecule has 178 valence electrons. The van der Waals surface area contributed by atoms with Crippen LogP contribution in [0.5, 0.6) is 11.5 Å². The van der Waals surface area contributed by atoms with Crippen LogP contribution in [0, 0.1) is 10.1 Å². The number of nitrogens with zero attached hydrogens (tertiary/aromatic N) is 2. The van der Waals surface area contributed by atoms with Gasteiger partial charge in [0.1, 0.15) is 12.2 Å². The minimum absolute atomic E-state index is 0.0300. The highest BCUT2D eigenvalue weighted by molar-refractivity contribution is 9.10. The number of furan rings is 1. The summed E-state index contributed by atoms with van der Waals surface area (Å²) >= 11 is 9.65. The molecule has 0 fully saturated rings. The van der Waals surface area contributed by atoms with E-state index in [4.69, 9.17) is 25.5 Å². The number of halogens is 2. The predicted octanol–water partition coefficient (Wildman–Crippen LogP) is 6.11. The fourth-order valence-electron chi connectivity index (χ4n) is 3.16. The second-order valence-electron chi connectivity index (χ2n) is 7.19. The third kappa shape index (κ3) is 5.61. The van der Waals surface area contributed by atoms with Crippen LogP contribution in [0.1, 0.15) is 21.7 Å². The number of carbonyl (C=O) groups is 1. The zero-order valence-corrected chi connectivity index (χ0v) is 20.5. The lowest BCUT2D eigenvalue weighted by Crippen LogP contribution is -2.16. The van der Waals surface area contributed by atoms with Crippen molar-refractivity contribution in [3.8, 4) is 11.5 Å². The van der Waals surface area contributed by atoms with Gasteiger partial charge in [0, 0.05) is 38.1 Å². The van der Waals surface area contributed by atoms with Crippen molar-refractivity contribution in [1.29, 1.82) is 0 Å². The maximum atomic E-state index is 12.4. The van der Waals surface area contributed by atoms with Gasteiger partial charge >= 0.3 is 5.91 Å². The molecule has 1 amide bonds. The zero-order chi connectivity index (χ0) is 24.9. The average molecular weight is 559 g/mol. The summed E-state index contributed by atoms with van der Waals surface area (Å²) in [5, 5.41) is 15.9. The van der Waals surface area contributed by atoms with Crippen LogP contribution in [0.3, 0.4) is 0 Å². The van der Waals surface area contributed by atoms with Gasteiger partial charge in [-0.25, -0.2) is 5.43 Å². The lowest BCUT2D eigenvalue weighted by atomic mass is 10.2. The lowest BCUT2D eigenvalue weighted by molar-refractivity contribution is -0.384. The van der Waals surface area contributed by atoms with Gasteiger partial charge in [0.05, 0.1) is 18.2 Å². The Labute approximate surface area is 212 Å². The Kier molecular flexibility index (Phi) is 7.33. The predicted molar refractivity (Wildman–Crippen MR) is 134 cm³/mol. The van der Waals surface area contributed by atoms with E-state index in [1.54, 1.807) is 18.2 Å². The number of hydrazone groups is 1. The molecule has 0 aliphatic carbocycles. The number of ether oxygens (including phenoxy) is 2. The molecule has 1 aromatic heterocycles. The Morgan fingerprint density at radius 3 is 2.74 bits per heavy atom. The summed E-state index contributed by atoms with van der Waals surface area (Å²) in [6, 6.07) is 16.3. The van der Waals surface area contributed by atoms with Crippen LogP contribution in [-0.4, -0.2) is 24.2 Å². The SMILES string of the molecule is COc1cc(/C=N/NC(=O)c2cc3cc([N+](=O)[O-])ccc3o2)c(Br)cc1OCc1ccccc1Cl. The van der Waals surface area contributed by atoms with E-state index in [-0.39, 0.29) is 18.1 Å². The average Bonchev–Trinajstić information content (AvgIpc) is 3.28. The minimum Gasteiger partial charge on any atom is -0.493 e. The van der Waals surface area contributed by atoms with E-state index in [0.717, 1.165) is 5.56 Å². The molecule has 11 heteroatoms. The Morgan fingerprint density at radius 2 is 2.00 bits per heavy atom. The van der Waals surface area contributed by atoms with Crippen molar-refractivity contribution >= 4 is 56.3 Å². The minimum atomic E-state index is -0.608. The first-order chi connectivity index (χ1) is 16.9. The van der Waals surface area contributed by atoms with E-state index in [1.165, 1.54) is 37.6 Å². The standard InChI is InChI=1S/C24H17BrClN3O6/c1-33-21-10-16(18(25)11-22(21)34-13-14-4-2-3-5-19(14)26)12-27-28-24(30)23-9-15-8-17(29(31)32)6-7-20(15)35-23/h2-12H,13H2,1H3,(H,28,30)/b27-12+. The Hall–Kier alpha value is -3.89. The Morgan fingerprint density at radius 1 is 1.20 bits per heavy atom. The molecule has 0 saturated heterocycles. The molecule has 0 saturated carbocycles. The summed E-state index contributed by atoms with van der Waals surface area (Å²) in [6.45, 7) is 0.257. The van der Waals surface area contributed by atoms with Crippen molar-refractivity contribution in [3.63, 3.8) is 0 Å². The van der Waals surface area contributed by atoms with E-state index < -0.39 is 10.8 Å². The van der Waals surface area contributed by atoms with Crippen LogP contribution in [-0.2, 0) is 6.61 Å². The summed E-state index contributed by atoms with van der Waals surface area (Å²) in [6.07, 6.45) is 1.43. The first kappa shape index (κ1) is 24.2. The van der Waals surface area contributed by atoms with Crippen molar-refractivity contribution < 1.29 is 23.6 Å². The number of fused-ring (bicyclic) bond motifs is 1.